The Balaban J connectivity index is 2.82. The molecule has 1 unspecified atom stereocenters. The minimum Gasteiger partial charge on any atom is -0.480 e. The summed E-state index contributed by atoms with van der Waals surface area (Å²) >= 11 is 0. The molecule has 1 heterocycles. The van der Waals surface area contributed by atoms with Crippen molar-refractivity contribution in [2.75, 3.05) is 0 Å². The van der Waals surface area contributed by atoms with Gasteiger partial charge in [0.05, 0.1) is 0 Å². The first-order valence-electron chi connectivity index (χ1n) is 3.80. The van der Waals surface area contributed by atoms with E-state index >= 15 is 0 Å². The molecule has 0 aliphatic rings. The Labute approximate surface area is 84.9 Å². The lowest BCUT2D eigenvalue weighted by Crippen LogP contribution is -2.32. The number of aliphatic carboxylic acids is 1. The van der Waals surface area contributed by atoms with E-state index in [2.05, 4.69) is 9.97 Å². The number of aromatic nitrogens is 2. The summed E-state index contributed by atoms with van der Waals surface area (Å²) in [7, 11) is -4.39. The maximum atomic E-state index is 10.6. The molecule has 0 saturated carbocycles. The molecule has 9 heteroatoms. The van der Waals surface area contributed by atoms with Crippen molar-refractivity contribution >= 4 is 16.1 Å². The quantitative estimate of drug-likeness (QED) is 0.470. The lowest BCUT2D eigenvalue weighted by molar-refractivity contribution is -0.138. The molecular formula is C6H9N3O5S. The Morgan fingerprint density at radius 1 is 1.67 bits per heavy atom. The van der Waals surface area contributed by atoms with Crippen molar-refractivity contribution in [2.24, 2.45) is 5.73 Å². The highest BCUT2D eigenvalue weighted by Crippen LogP contribution is 2.05. The molecular weight excluding hydrogens is 226 g/mol. The van der Waals surface area contributed by atoms with E-state index < -0.39 is 27.3 Å². The van der Waals surface area contributed by atoms with Crippen LogP contribution in [0.25, 0.3) is 0 Å². The van der Waals surface area contributed by atoms with E-state index in [4.69, 9.17) is 15.4 Å². The maximum Gasteiger partial charge on any atom is 0.328 e. The summed E-state index contributed by atoms with van der Waals surface area (Å²) in [5.74, 6) is -1.21. The molecule has 0 saturated heterocycles. The maximum absolute atomic E-state index is 10.6. The van der Waals surface area contributed by atoms with Crippen molar-refractivity contribution in [3.8, 4) is 0 Å². The molecule has 0 aromatic carbocycles. The highest BCUT2D eigenvalue weighted by atomic mass is 32.2. The zero-order valence-electron chi connectivity index (χ0n) is 7.41. The van der Waals surface area contributed by atoms with Crippen molar-refractivity contribution in [3.63, 3.8) is 0 Å². The number of H-pyrrole nitrogens is 1. The molecule has 0 aliphatic carbocycles. The first-order valence-corrected chi connectivity index (χ1v) is 5.24. The van der Waals surface area contributed by atoms with Gasteiger partial charge in [-0.05, 0) is 0 Å². The third-order valence-electron chi connectivity index (χ3n) is 1.61. The normalized spacial score (nSPS) is 13.7. The Hall–Kier alpha value is -1.45. The molecule has 1 aromatic rings. The van der Waals surface area contributed by atoms with Gasteiger partial charge in [0.1, 0.15) is 6.04 Å². The predicted molar refractivity (Wildman–Crippen MR) is 47.7 cm³/mol. The van der Waals surface area contributed by atoms with Crippen LogP contribution >= 0.6 is 0 Å². The van der Waals surface area contributed by atoms with Gasteiger partial charge in [-0.3, -0.25) is 9.35 Å². The van der Waals surface area contributed by atoms with E-state index in [0.29, 0.717) is 0 Å². The third kappa shape index (κ3) is 3.01. The van der Waals surface area contributed by atoms with Crippen LogP contribution in [0, 0.1) is 0 Å². The van der Waals surface area contributed by atoms with Crippen LogP contribution in [0.15, 0.2) is 11.4 Å². The number of imidazole rings is 1. The fourth-order valence-electron chi connectivity index (χ4n) is 0.898. The van der Waals surface area contributed by atoms with E-state index in [-0.39, 0.29) is 12.1 Å². The van der Waals surface area contributed by atoms with Gasteiger partial charge in [0.2, 0.25) is 0 Å². The average Bonchev–Trinajstić information content (AvgIpc) is 2.51. The van der Waals surface area contributed by atoms with Gasteiger partial charge in [0.25, 0.3) is 5.16 Å². The SMILES string of the molecule is NC(Cc1cnc(S(=O)(=O)O)[nH]1)C(=O)O. The molecule has 15 heavy (non-hydrogen) atoms. The number of hydrogen-bond donors (Lipinski definition) is 4. The topological polar surface area (TPSA) is 146 Å². The highest BCUT2D eigenvalue weighted by Gasteiger charge is 2.17. The molecule has 84 valence electrons. The Morgan fingerprint density at radius 3 is 2.67 bits per heavy atom. The zero-order valence-corrected chi connectivity index (χ0v) is 8.23. The fraction of sp³-hybridized carbons (Fsp3) is 0.333. The van der Waals surface area contributed by atoms with E-state index in [9.17, 15) is 13.2 Å². The number of aromatic amines is 1. The Kier molecular flexibility index (Phi) is 3.07. The van der Waals surface area contributed by atoms with Crippen LogP contribution in [0.5, 0.6) is 0 Å². The van der Waals surface area contributed by atoms with Gasteiger partial charge < -0.3 is 15.8 Å². The average molecular weight is 235 g/mol. The van der Waals surface area contributed by atoms with Crippen LogP contribution in [-0.4, -0.2) is 40.1 Å². The summed E-state index contributed by atoms with van der Waals surface area (Å²) in [5.41, 5.74) is 5.43. The fourth-order valence-corrected chi connectivity index (χ4v) is 1.34. The van der Waals surface area contributed by atoms with Crippen molar-refractivity contribution < 1.29 is 22.9 Å². The number of nitrogens with one attached hydrogen (secondary N) is 1. The van der Waals surface area contributed by atoms with E-state index in [1.54, 1.807) is 0 Å². The van der Waals surface area contributed by atoms with Gasteiger partial charge in [-0.2, -0.15) is 8.42 Å². The number of carbonyl (C=O) groups is 1. The summed E-state index contributed by atoms with van der Waals surface area (Å²) < 4.78 is 29.7. The van der Waals surface area contributed by atoms with Crippen LogP contribution in [0.3, 0.4) is 0 Å². The molecule has 1 aromatic heterocycles. The van der Waals surface area contributed by atoms with Crippen LogP contribution in [-0.2, 0) is 21.3 Å². The Bertz CT molecular complexity index is 465. The zero-order chi connectivity index (χ0) is 11.6. The Morgan fingerprint density at radius 2 is 2.27 bits per heavy atom. The van der Waals surface area contributed by atoms with E-state index in [1.807, 2.05) is 0 Å². The lowest BCUT2D eigenvalue weighted by atomic mass is 10.2. The number of nitrogens with zero attached hydrogens (tertiary/aromatic N) is 1. The van der Waals surface area contributed by atoms with Gasteiger partial charge in [-0.25, -0.2) is 4.98 Å². The van der Waals surface area contributed by atoms with Crippen LogP contribution in [0.1, 0.15) is 5.69 Å². The monoisotopic (exact) mass is 235 g/mol. The molecule has 1 rings (SSSR count). The van der Waals surface area contributed by atoms with Crippen molar-refractivity contribution in [3.05, 3.63) is 11.9 Å². The minimum absolute atomic E-state index is 0.0994. The second-order valence-electron chi connectivity index (χ2n) is 2.84. The molecule has 0 bridgehead atoms. The summed E-state index contributed by atoms with van der Waals surface area (Å²) in [5, 5.41) is 7.85. The second kappa shape index (κ2) is 3.96. The molecule has 1 atom stereocenters. The van der Waals surface area contributed by atoms with Gasteiger partial charge in [0.15, 0.2) is 0 Å². The summed E-state index contributed by atoms with van der Waals surface area (Å²) in [4.78, 5) is 16.0. The molecule has 5 N–H and O–H groups in total. The summed E-state index contributed by atoms with van der Waals surface area (Å²) in [6, 6.07) is -1.15. The second-order valence-corrected chi connectivity index (χ2v) is 4.17. The predicted octanol–water partition coefficient (Wildman–Crippen LogP) is -1.39. The molecule has 8 nitrogen and oxygen atoms in total. The highest BCUT2D eigenvalue weighted by molar-refractivity contribution is 7.85. The number of hydrogen-bond acceptors (Lipinski definition) is 5. The van der Waals surface area contributed by atoms with Crippen LogP contribution < -0.4 is 5.73 Å². The number of carboxylic acids is 1. The third-order valence-corrected chi connectivity index (χ3v) is 2.30. The first-order chi connectivity index (χ1) is 6.80. The van der Waals surface area contributed by atoms with Crippen LogP contribution in [0.4, 0.5) is 0 Å². The lowest BCUT2D eigenvalue weighted by Gasteiger charge is -2.02. The number of carboxylic acid groups (broad SMARTS) is 1. The van der Waals surface area contributed by atoms with Gasteiger partial charge >= 0.3 is 16.1 Å². The van der Waals surface area contributed by atoms with E-state index in [0.717, 1.165) is 6.20 Å². The molecule has 0 spiro atoms. The number of nitrogens with two attached hydrogens (primary N) is 1. The van der Waals surface area contributed by atoms with Crippen LogP contribution in [0.2, 0.25) is 0 Å². The summed E-state index contributed by atoms with van der Waals surface area (Å²) in [6.45, 7) is 0. The van der Waals surface area contributed by atoms with Crippen molar-refractivity contribution in [1.29, 1.82) is 0 Å². The standard InChI is InChI=1S/C6H9N3O5S/c7-4(5(10)11)1-3-2-8-6(9-3)15(12,13)14/h2,4H,1,7H2,(H,8,9)(H,10,11)(H,12,13,14). The minimum atomic E-state index is -4.39. The largest absolute Gasteiger partial charge is 0.480 e. The number of rotatable bonds is 4. The molecule has 0 aliphatic heterocycles. The van der Waals surface area contributed by atoms with Gasteiger partial charge in [-0.15, -0.1) is 0 Å². The van der Waals surface area contributed by atoms with Crippen molar-refractivity contribution in [2.45, 2.75) is 17.6 Å². The molecule has 0 fully saturated rings. The summed E-state index contributed by atoms with van der Waals surface area (Å²) in [6.07, 6.45) is 1.00. The smallest absolute Gasteiger partial charge is 0.328 e. The molecule has 0 radical (unpaired) electrons. The van der Waals surface area contributed by atoms with Gasteiger partial charge in [-0.1, -0.05) is 0 Å². The molecule has 0 amide bonds. The van der Waals surface area contributed by atoms with Crippen molar-refractivity contribution in [1.82, 2.24) is 9.97 Å². The first kappa shape index (κ1) is 11.6. The van der Waals surface area contributed by atoms with Gasteiger partial charge in [0, 0.05) is 18.3 Å². The van der Waals surface area contributed by atoms with E-state index in [1.165, 1.54) is 0 Å².